The van der Waals surface area contributed by atoms with Crippen LogP contribution in [-0.2, 0) is 9.59 Å². The molecule has 0 saturated carbocycles. The van der Waals surface area contributed by atoms with Crippen LogP contribution >= 0.6 is 35.7 Å². The van der Waals surface area contributed by atoms with E-state index < -0.39 is 5.97 Å². The maximum Gasteiger partial charge on any atom is 1.00 e. The van der Waals surface area contributed by atoms with Crippen LogP contribution in [0.4, 0.5) is 5.69 Å². The molecule has 9 heteroatoms. The van der Waals surface area contributed by atoms with Gasteiger partial charge in [0.05, 0.1) is 15.6 Å². The molecule has 0 atom stereocenters. The maximum absolute atomic E-state index is 12.7. The molecular weight excluding hydrogens is 507 g/mol. The molecule has 1 amide bonds. The first kappa shape index (κ1) is 28.3. The summed E-state index contributed by atoms with van der Waals surface area (Å²) >= 11 is 8.29. The van der Waals surface area contributed by atoms with Crippen molar-refractivity contribution in [3.05, 3.63) is 69.6 Å². The second-order valence-corrected chi connectivity index (χ2v) is 12.0. The van der Waals surface area contributed by atoms with Gasteiger partial charge in [0.1, 0.15) is 4.32 Å². The van der Waals surface area contributed by atoms with Crippen LogP contribution in [0.15, 0.2) is 74.5 Å². The number of carbonyl (C=O) groups excluding carboxylic acids is 2. The van der Waals surface area contributed by atoms with Gasteiger partial charge in [0.2, 0.25) is 0 Å². The zero-order chi connectivity index (χ0) is 24.5. The van der Waals surface area contributed by atoms with Crippen LogP contribution in [0.2, 0.25) is 0 Å². The molecule has 3 aliphatic rings. The molecule has 1 aromatic carbocycles. The molecule has 0 radical (unpaired) electrons. The predicted octanol–water partition coefficient (Wildman–Crippen LogP) is 2.02. The zero-order valence-electron chi connectivity index (χ0n) is 20.5. The van der Waals surface area contributed by atoms with Crippen LogP contribution in [0.5, 0.6) is 0 Å². The van der Waals surface area contributed by atoms with Crippen molar-refractivity contribution >= 4 is 57.6 Å². The Morgan fingerprint density at radius 2 is 1.91 bits per heavy atom. The van der Waals surface area contributed by atoms with Crippen molar-refractivity contribution in [3.8, 4) is 0 Å². The number of carbonyl (C=O) groups is 2. The van der Waals surface area contributed by atoms with Gasteiger partial charge < -0.3 is 14.8 Å². The van der Waals surface area contributed by atoms with Gasteiger partial charge in [-0.25, -0.2) is 0 Å². The van der Waals surface area contributed by atoms with Gasteiger partial charge in [-0.1, -0.05) is 73.9 Å². The average molecular weight is 535 g/mol. The normalized spacial score (nSPS) is 22.6. The number of carboxylic acid groups (broad SMARTS) is 1. The Balaban J connectivity index is 0.00000342. The Labute approximate surface area is 243 Å². The van der Waals surface area contributed by atoms with E-state index in [4.69, 9.17) is 12.2 Å². The summed E-state index contributed by atoms with van der Waals surface area (Å²) < 4.78 is 0.387. The van der Waals surface area contributed by atoms with Gasteiger partial charge in [0, 0.05) is 30.4 Å². The number of thioether (sulfide) groups is 2. The van der Waals surface area contributed by atoms with Crippen LogP contribution < -0.4 is 39.6 Å². The fourth-order valence-electron chi connectivity index (χ4n) is 4.45. The van der Waals surface area contributed by atoms with Gasteiger partial charge in [0.25, 0.3) is 5.91 Å². The molecule has 1 aromatic rings. The number of aliphatic carboxylic acids is 1. The van der Waals surface area contributed by atoms with Crippen molar-refractivity contribution in [3.63, 3.8) is 0 Å². The third kappa shape index (κ3) is 6.73. The second kappa shape index (κ2) is 11.8. The van der Waals surface area contributed by atoms with Crippen molar-refractivity contribution in [1.29, 1.82) is 0 Å². The number of benzene rings is 1. The molecule has 35 heavy (non-hydrogen) atoms. The summed E-state index contributed by atoms with van der Waals surface area (Å²) in [5.41, 5.74) is 3.78. The van der Waals surface area contributed by atoms with E-state index in [2.05, 4.69) is 62.1 Å². The SMILES string of the molecule is CCN1/C(=C/C2=CC(=C/C=C3\SC(=S)N(CCC(=O)[O-])C3=O)/CC(C)(C)C2)Sc2ccccc21.[Na+]. The molecule has 1 aliphatic carbocycles. The number of anilines is 1. The van der Waals surface area contributed by atoms with Crippen molar-refractivity contribution in [1.82, 2.24) is 4.90 Å². The fourth-order valence-corrected chi connectivity index (χ4v) is 6.90. The van der Waals surface area contributed by atoms with Crippen LogP contribution in [-0.4, -0.2) is 34.2 Å². The third-order valence-electron chi connectivity index (χ3n) is 5.86. The van der Waals surface area contributed by atoms with Crippen LogP contribution in [0.3, 0.4) is 0 Å². The van der Waals surface area contributed by atoms with Gasteiger partial charge in [-0.15, -0.1) is 0 Å². The van der Waals surface area contributed by atoms with E-state index in [9.17, 15) is 14.7 Å². The number of para-hydroxylation sites is 1. The molecular formula is C26H27N2NaO3S3. The monoisotopic (exact) mass is 534 g/mol. The van der Waals surface area contributed by atoms with Crippen LogP contribution in [0.25, 0.3) is 0 Å². The van der Waals surface area contributed by atoms with Gasteiger partial charge in [-0.3, -0.25) is 9.69 Å². The van der Waals surface area contributed by atoms with Gasteiger partial charge in [0.15, 0.2) is 0 Å². The first-order chi connectivity index (χ1) is 16.2. The molecule has 0 bridgehead atoms. The fraction of sp³-hybridized carbons (Fsp3) is 0.346. The standard InChI is InChI=1S/C26H28N2O3S3.Na/c1-4-27-19-7-5-6-8-20(19)33-22(27)14-18-13-17(15-26(2,3)16-18)9-10-21-24(31)28(25(32)34-21)12-11-23(29)30;/h5-10,13-14H,4,11-12,15-16H2,1-3H3,(H,29,30);/q;+1/p-1/b17-9-,21-10-,22-14-;. The molecule has 1 saturated heterocycles. The van der Waals surface area contributed by atoms with Crippen molar-refractivity contribution < 1.29 is 44.3 Å². The summed E-state index contributed by atoms with van der Waals surface area (Å²) in [6, 6.07) is 8.49. The minimum Gasteiger partial charge on any atom is -0.550 e. The van der Waals surface area contributed by atoms with E-state index in [0.29, 0.717) is 9.23 Å². The van der Waals surface area contributed by atoms with Crippen molar-refractivity contribution in [2.24, 2.45) is 5.41 Å². The number of fused-ring (bicyclic) bond motifs is 1. The van der Waals surface area contributed by atoms with E-state index in [1.807, 2.05) is 12.2 Å². The minimum atomic E-state index is -1.19. The van der Waals surface area contributed by atoms with Gasteiger partial charge in [-0.2, -0.15) is 0 Å². The summed E-state index contributed by atoms with van der Waals surface area (Å²) in [5, 5.41) is 12.0. The number of hydrogen-bond acceptors (Lipinski definition) is 7. The Hall–Kier alpha value is -1.29. The molecule has 1 fully saturated rings. The summed E-state index contributed by atoms with van der Waals surface area (Å²) in [6.07, 6.45) is 9.99. The average Bonchev–Trinajstić information content (AvgIpc) is 3.25. The van der Waals surface area contributed by atoms with Crippen molar-refractivity contribution in [2.75, 3.05) is 18.0 Å². The summed E-state index contributed by atoms with van der Waals surface area (Å²) in [4.78, 5) is 28.9. The van der Waals surface area contributed by atoms with Crippen molar-refractivity contribution in [2.45, 2.75) is 44.9 Å². The van der Waals surface area contributed by atoms with E-state index in [-0.39, 0.29) is 53.8 Å². The Kier molecular flexibility index (Phi) is 9.57. The molecule has 5 nitrogen and oxygen atoms in total. The number of rotatable bonds is 6. The molecule has 0 unspecified atom stereocenters. The smallest absolute Gasteiger partial charge is 0.550 e. The molecule has 4 rings (SSSR count). The largest absolute Gasteiger partial charge is 1.00 e. The van der Waals surface area contributed by atoms with E-state index >= 15 is 0 Å². The second-order valence-electron chi connectivity index (χ2n) is 9.25. The minimum absolute atomic E-state index is 0. The molecule has 2 aliphatic heterocycles. The predicted molar refractivity (Wildman–Crippen MR) is 142 cm³/mol. The number of thiocarbonyl (C=S) groups is 1. The Bertz CT molecular complexity index is 1170. The zero-order valence-corrected chi connectivity index (χ0v) is 24.9. The number of nitrogens with zero attached hydrogens (tertiary/aromatic N) is 2. The third-order valence-corrected chi connectivity index (χ3v) is 8.37. The number of allylic oxidation sites excluding steroid dienone is 6. The van der Waals surface area contributed by atoms with Crippen LogP contribution in [0, 0.1) is 5.41 Å². The summed E-state index contributed by atoms with van der Waals surface area (Å²) in [6.45, 7) is 7.65. The van der Waals surface area contributed by atoms with E-state index in [1.165, 1.54) is 37.8 Å². The number of amides is 1. The number of hydrogen-bond donors (Lipinski definition) is 0. The van der Waals surface area contributed by atoms with Gasteiger partial charge in [-0.05, 0) is 60.6 Å². The maximum atomic E-state index is 12.7. The summed E-state index contributed by atoms with van der Waals surface area (Å²) in [7, 11) is 0. The molecule has 0 aromatic heterocycles. The van der Waals surface area contributed by atoms with E-state index in [0.717, 1.165) is 25.0 Å². The first-order valence-electron chi connectivity index (χ1n) is 11.3. The Morgan fingerprint density at radius 1 is 1.17 bits per heavy atom. The molecule has 0 N–H and O–H groups in total. The first-order valence-corrected chi connectivity index (χ1v) is 13.3. The topological polar surface area (TPSA) is 63.7 Å². The molecule has 0 spiro atoms. The van der Waals surface area contributed by atoms with E-state index in [1.54, 1.807) is 11.8 Å². The quantitative estimate of drug-likeness (QED) is 0.314. The Morgan fingerprint density at radius 3 is 2.63 bits per heavy atom. The molecule has 2 heterocycles. The summed E-state index contributed by atoms with van der Waals surface area (Å²) in [5.74, 6) is -1.44. The number of carboxylic acids is 1. The van der Waals surface area contributed by atoms with Crippen LogP contribution in [0.1, 0.15) is 40.0 Å². The van der Waals surface area contributed by atoms with Gasteiger partial charge >= 0.3 is 29.6 Å². The molecule has 178 valence electrons.